The second kappa shape index (κ2) is 3.92. The molecule has 1 saturated carbocycles. The predicted molar refractivity (Wildman–Crippen MR) is 63.7 cm³/mol. The van der Waals surface area contributed by atoms with Gasteiger partial charge >= 0.3 is 0 Å². The maximum atomic E-state index is 12.3. The minimum atomic E-state index is -0.436. The molecule has 0 radical (unpaired) electrons. The lowest BCUT2D eigenvalue weighted by Gasteiger charge is -2.43. The molecule has 4 rings (SSSR count). The molecular formula is C14H20O3. The zero-order valence-electron chi connectivity index (χ0n) is 10.6. The number of carbonyl (C=O) groups excluding carboxylic acids is 1. The highest BCUT2D eigenvalue weighted by molar-refractivity contribution is 5.96. The molecule has 1 spiro atoms. The number of hydrogen-bond donors (Lipinski definition) is 0. The van der Waals surface area contributed by atoms with Crippen LogP contribution in [0.1, 0.15) is 33.1 Å². The Morgan fingerprint density at radius 3 is 3.00 bits per heavy atom. The van der Waals surface area contributed by atoms with Crippen molar-refractivity contribution >= 4 is 5.78 Å². The molecule has 0 aromatic carbocycles. The van der Waals surface area contributed by atoms with E-state index in [4.69, 9.17) is 9.47 Å². The Balaban J connectivity index is 1.74. The molecule has 0 amide bonds. The van der Waals surface area contributed by atoms with Crippen molar-refractivity contribution in [3.05, 3.63) is 11.6 Å². The number of carbonyl (C=O) groups is 1. The van der Waals surface area contributed by atoms with E-state index in [-0.39, 0.29) is 23.7 Å². The second-order valence-electron chi connectivity index (χ2n) is 5.53. The van der Waals surface area contributed by atoms with Gasteiger partial charge in [0.05, 0.1) is 18.6 Å². The summed E-state index contributed by atoms with van der Waals surface area (Å²) < 4.78 is 11.4. The van der Waals surface area contributed by atoms with E-state index in [2.05, 4.69) is 19.9 Å². The monoisotopic (exact) mass is 236 g/mol. The fraction of sp³-hybridized carbons (Fsp3) is 0.786. The van der Waals surface area contributed by atoms with Gasteiger partial charge in [0, 0.05) is 12.5 Å². The zero-order chi connectivity index (χ0) is 12.0. The van der Waals surface area contributed by atoms with Crippen molar-refractivity contribution in [2.45, 2.75) is 44.8 Å². The third-order valence-corrected chi connectivity index (χ3v) is 4.43. The molecule has 3 aliphatic carbocycles. The van der Waals surface area contributed by atoms with Crippen LogP contribution in [0.5, 0.6) is 0 Å². The molecule has 94 valence electrons. The van der Waals surface area contributed by atoms with Crippen molar-refractivity contribution in [2.24, 2.45) is 11.8 Å². The van der Waals surface area contributed by atoms with Gasteiger partial charge in [0.1, 0.15) is 0 Å². The molecule has 4 atom stereocenters. The van der Waals surface area contributed by atoms with Crippen LogP contribution in [0.3, 0.4) is 0 Å². The summed E-state index contributed by atoms with van der Waals surface area (Å²) in [5, 5.41) is 0. The number of fused-ring (bicyclic) bond motifs is 1. The van der Waals surface area contributed by atoms with Gasteiger partial charge in [-0.15, -0.1) is 0 Å². The fourth-order valence-electron chi connectivity index (χ4n) is 3.30. The Morgan fingerprint density at radius 2 is 2.35 bits per heavy atom. The maximum Gasteiger partial charge on any atom is 0.177 e. The smallest absolute Gasteiger partial charge is 0.177 e. The summed E-state index contributed by atoms with van der Waals surface area (Å²) in [6.45, 7) is 5.67. The van der Waals surface area contributed by atoms with Crippen LogP contribution in [0, 0.1) is 11.8 Å². The highest BCUT2D eigenvalue weighted by atomic mass is 16.6. The Labute approximate surface area is 102 Å². The van der Waals surface area contributed by atoms with Crippen molar-refractivity contribution in [1.29, 1.82) is 0 Å². The van der Waals surface area contributed by atoms with Crippen molar-refractivity contribution in [3.8, 4) is 0 Å². The molecule has 1 aliphatic heterocycles. The summed E-state index contributed by atoms with van der Waals surface area (Å²) in [5.74, 6) is 0.479. The van der Waals surface area contributed by atoms with Gasteiger partial charge in [0.25, 0.3) is 0 Å². The molecule has 1 heterocycles. The fourth-order valence-corrected chi connectivity index (χ4v) is 3.30. The average molecular weight is 236 g/mol. The van der Waals surface area contributed by atoms with Crippen LogP contribution in [0.15, 0.2) is 11.6 Å². The first-order valence-electron chi connectivity index (χ1n) is 6.67. The summed E-state index contributed by atoms with van der Waals surface area (Å²) in [6.07, 6.45) is 5.38. The van der Waals surface area contributed by atoms with E-state index in [9.17, 15) is 4.79 Å². The van der Waals surface area contributed by atoms with Crippen LogP contribution in [-0.2, 0) is 14.3 Å². The van der Waals surface area contributed by atoms with Gasteiger partial charge in [-0.25, -0.2) is 0 Å². The SMILES string of the molecule is CCCCOC1CC2C(C)=CC1C(=O)[C@]21CO1. The van der Waals surface area contributed by atoms with Gasteiger partial charge in [-0.1, -0.05) is 25.0 Å². The number of unbranched alkanes of at least 4 members (excludes halogenated alkanes) is 1. The van der Waals surface area contributed by atoms with E-state index in [1.54, 1.807) is 0 Å². The summed E-state index contributed by atoms with van der Waals surface area (Å²) in [4.78, 5) is 12.3. The van der Waals surface area contributed by atoms with Crippen molar-refractivity contribution in [2.75, 3.05) is 13.2 Å². The van der Waals surface area contributed by atoms with E-state index in [1.807, 2.05) is 0 Å². The summed E-state index contributed by atoms with van der Waals surface area (Å²) in [7, 11) is 0. The Hall–Kier alpha value is -0.670. The maximum absolute atomic E-state index is 12.3. The third kappa shape index (κ3) is 1.59. The lowest BCUT2D eigenvalue weighted by molar-refractivity contribution is -0.141. The van der Waals surface area contributed by atoms with Crippen LogP contribution in [-0.4, -0.2) is 30.7 Å². The number of epoxide rings is 1. The molecule has 3 unspecified atom stereocenters. The first kappa shape index (κ1) is 11.4. The average Bonchev–Trinajstić information content (AvgIpc) is 3.09. The first-order valence-corrected chi connectivity index (χ1v) is 6.67. The van der Waals surface area contributed by atoms with Crippen molar-refractivity contribution < 1.29 is 14.3 Å². The van der Waals surface area contributed by atoms with Gasteiger partial charge in [-0.05, 0) is 19.8 Å². The van der Waals surface area contributed by atoms with Crippen LogP contribution >= 0.6 is 0 Å². The van der Waals surface area contributed by atoms with E-state index in [1.165, 1.54) is 5.57 Å². The van der Waals surface area contributed by atoms with Gasteiger partial charge in [0.2, 0.25) is 0 Å². The molecule has 3 nitrogen and oxygen atoms in total. The molecule has 0 aromatic heterocycles. The summed E-state index contributed by atoms with van der Waals surface area (Å²) in [5.41, 5.74) is 0.885. The molecular weight excluding hydrogens is 216 g/mol. The molecule has 2 fully saturated rings. The van der Waals surface area contributed by atoms with Crippen LogP contribution in [0.4, 0.5) is 0 Å². The summed E-state index contributed by atoms with van der Waals surface area (Å²) in [6, 6.07) is 0. The van der Waals surface area contributed by atoms with E-state index in [0.717, 1.165) is 25.9 Å². The molecule has 4 aliphatic rings. The Morgan fingerprint density at radius 1 is 1.59 bits per heavy atom. The lowest BCUT2D eigenvalue weighted by Crippen LogP contribution is -2.53. The largest absolute Gasteiger partial charge is 0.377 e. The number of rotatable bonds is 4. The van der Waals surface area contributed by atoms with E-state index in [0.29, 0.717) is 6.61 Å². The number of hydrogen-bond acceptors (Lipinski definition) is 3. The highest BCUT2D eigenvalue weighted by Gasteiger charge is 2.66. The highest BCUT2D eigenvalue weighted by Crippen LogP contribution is 2.53. The van der Waals surface area contributed by atoms with Crippen LogP contribution in [0.25, 0.3) is 0 Å². The van der Waals surface area contributed by atoms with E-state index >= 15 is 0 Å². The lowest BCUT2D eigenvalue weighted by atomic mass is 9.63. The summed E-state index contributed by atoms with van der Waals surface area (Å²) >= 11 is 0. The topological polar surface area (TPSA) is 38.8 Å². The second-order valence-corrected chi connectivity index (χ2v) is 5.53. The van der Waals surface area contributed by atoms with Crippen LogP contribution < -0.4 is 0 Å². The molecule has 3 heteroatoms. The van der Waals surface area contributed by atoms with Gasteiger partial charge in [0.15, 0.2) is 11.4 Å². The van der Waals surface area contributed by atoms with Crippen molar-refractivity contribution in [3.63, 3.8) is 0 Å². The Kier molecular flexibility index (Phi) is 2.64. The van der Waals surface area contributed by atoms with Crippen LogP contribution in [0.2, 0.25) is 0 Å². The standard InChI is InChI=1S/C14H20O3/c1-3-4-5-16-12-7-11-9(2)6-10(12)13(15)14(11)8-17-14/h6,10-12H,3-5,7-8H2,1-2H3/t10?,11?,12?,14-/m0/s1. The quantitative estimate of drug-likeness (QED) is 0.426. The number of Topliss-reactive ketones (excluding diaryl/α,β-unsaturated/α-hetero) is 1. The molecule has 0 N–H and O–H groups in total. The number of ether oxygens (including phenoxy) is 2. The Bertz CT molecular complexity index is 368. The number of ketones is 1. The normalized spacial score (nSPS) is 43.1. The molecule has 1 saturated heterocycles. The molecule has 17 heavy (non-hydrogen) atoms. The van der Waals surface area contributed by atoms with Gasteiger partial charge in [-0.2, -0.15) is 0 Å². The predicted octanol–water partition coefficient (Wildman–Crippen LogP) is 2.11. The van der Waals surface area contributed by atoms with Crippen molar-refractivity contribution in [1.82, 2.24) is 0 Å². The minimum Gasteiger partial charge on any atom is -0.377 e. The van der Waals surface area contributed by atoms with E-state index < -0.39 is 5.60 Å². The van der Waals surface area contributed by atoms with Gasteiger partial charge in [-0.3, -0.25) is 4.79 Å². The molecule has 0 aromatic rings. The molecule has 2 bridgehead atoms. The third-order valence-electron chi connectivity index (χ3n) is 4.43. The minimum absolute atomic E-state index is 0.0562. The van der Waals surface area contributed by atoms with Gasteiger partial charge < -0.3 is 9.47 Å². The first-order chi connectivity index (χ1) is 8.19. The zero-order valence-corrected chi connectivity index (χ0v) is 10.6.